The monoisotopic (exact) mass is 644 g/mol. The second-order valence-corrected chi connectivity index (χ2v) is 12.0. The van der Waals surface area contributed by atoms with E-state index in [9.17, 15) is 18.8 Å². The van der Waals surface area contributed by atoms with Gasteiger partial charge in [-0.3, -0.25) is 14.4 Å². The summed E-state index contributed by atoms with van der Waals surface area (Å²) in [6.07, 6.45) is 3.43. The Bertz CT molecular complexity index is 1870. The molecule has 10 nitrogen and oxygen atoms in total. The Labute approximate surface area is 273 Å². The molecule has 248 valence electrons. The van der Waals surface area contributed by atoms with E-state index in [2.05, 4.69) is 20.9 Å². The molecule has 4 aromatic rings. The van der Waals surface area contributed by atoms with Crippen molar-refractivity contribution in [2.24, 2.45) is 5.92 Å². The maximum atomic E-state index is 13.8. The number of methoxy groups -OCH3 is 3. The number of rotatable bonds is 11. The Balaban J connectivity index is 1.48. The minimum Gasteiger partial charge on any atom is -0.493 e. The quantitative estimate of drug-likeness (QED) is 0.175. The van der Waals surface area contributed by atoms with Crippen molar-refractivity contribution in [2.45, 2.75) is 52.1 Å². The first-order valence-corrected chi connectivity index (χ1v) is 15.6. The first-order chi connectivity index (χ1) is 22.6. The van der Waals surface area contributed by atoms with Crippen molar-refractivity contribution in [1.29, 1.82) is 0 Å². The van der Waals surface area contributed by atoms with Gasteiger partial charge in [-0.2, -0.15) is 0 Å². The van der Waals surface area contributed by atoms with Gasteiger partial charge in [0.05, 0.1) is 33.1 Å². The average molecular weight is 645 g/mol. The minimum absolute atomic E-state index is 0.162. The summed E-state index contributed by atoms with van der Waals surface area (Å²) in [5.41, 5.74) is 4.61. The van der Waals surface area contributed by atoms with Crippen molar-refractivity contribution in [3.8, 4) is 28.4 Å². The van der Waals surface area contributed by atoms with Gasteiger partial charge < -0.3 is 35.1 Å². The number of hydrogen-bond acceptors (Lipinski definition) is 7. The molecule has 1 heterocycles. The van der Waals surface area contributed by atoms with Gasteiger partial charge in [-0.15, -0.1) is 0 Å². The number of nitrogens with one attached hydrogen (secondary N) is 4. The van der Waals surface area contributed by atoms with Crippen LogP contribution in [0.15, 0.2) is 53.5 Å². The van der Waals surface area contributed by atoms with Crippen molar-refractivity contribution in [3.05, 3.63) is 81.4 Å². The molecule has 3 aromatic carbocycles. The molecule has 1 aliphatic carbocycles. The third kappa shape index (κ3) is 6.89. The van der Waals surface area contributed by atoms with Crippen molar-refractivity contribution < 1.29 is 28.2 Å². The molecule has 0 saturated heterocycles. The van der Waals surface area contributed by atoms with Gasteiger partial charge >= 0.3 is 0 Å². The van der Waals surface area contributed by atoms with E-state index in [4.69, 9.17) is 14.2 Å². The number of carbonyl (C=O) groups is 2. The number of hydrogen-bond donors (Lipinski definition) is 4. The van der Waals surface area contributed by atoms with Crippen LogP contribution in [0.25, 0.3) is 22.0 Å². The molecule has 0 fully saturated rings. The number of aromatic amines is 1. The number of H-pyrrole nitrogens is 1. The number of benzene rings is 2. The fourth-order valence-electron chi connectivity index (χ4n) is 6.32. The fourth-order valence-corrected chi connectivity index (χ4v) is 6.32. The molecule has 4 N–H and O–H groups in total. The van der Waals surface area contributed by atoms with E-state index in [1.807, 2.05) is 32.2 Å². The number of anilines is 1. The van der Waals surface area contributed by atoms with Crippen LogP contribution in [0.3, 0.4) is 0 Å². The van der Waals surface area contributed by atoms with Crippen LogP contribution in [-0.4, -0.2) is 50.7 Å². The number of halogens is 1. The van der Waals surface area contributed by atoms with Crippen molar-refractivity contribution in [1.82, 2.24) is 15.6 Å². The molecule has 0 unspecified atom stereocenters. The summed E-state index contributed by atoms with van der Waals surface area (Å²) in [5, 5.41) is 9.94. The molecule has 0 radical (unpaired) electrons. The number of ether oxygens (including phenoxy) is 3. The van der Waals surface area contributed by atoms with Gasteiger partial charge in [-0.05, 0) is 83.8 Å². The molecule has 2 amide bonds. The number of aryl methyl sites for hydroxylation is 1. The van der Waals surface area contributed by atoms with Gasteiger partial charge in [-0.1, -0.05) is 19.9 Å². The van der Waals surface area contributed by atoms with Gasteiger partial charge in [0.25, 0.3) is 0 Å². The molecule has 1 aromatic heterocycles. The lowest BCUT2D eigenvalue weighted by atomic mass is 9.95. The van der Waals surface area contributed by atoms with Crippen LogP contribution in [0, 0.1) is 11.7 Å². The zero-order valence-electron chi connectivity index (χ0n) is 27.5. The molecule has 5 rings (SSSR count). The van der Waals surface area contributed by atoms with E-state index in [0.29, 0.717) is 54.2 Å². The van der Waals surface area contributed by atoms with E-state index >= 15 is 0 Å². The predicted molar refractivity (Wildman–Crippen MR) is 180 cm³/mol. The topological polar surface area (TPSA) is 131 Å². The van der Waals surface area contributed by atoms with E-state index in [1.165, 1.54) is 32.2 Å². The van der Waals surface area contributed by atoms with Crippen LogP contribution in [0.2, 0.25) is 0 Å². The molecule has 0 bridgehead atoms. The third-order valence-corrected chi connectivity index (χ3v) is 8.60. The zero-order valence-corrected chi connectivity index (χ0v) is 27.5. The molecular weight excluding hydrogens is 603 g/mol. The van der Waals surface area contributed by atoms with Gasteiger partial charge in [0, 0.05) is 36.1 Å². The summed E-state index contributed by atoms with van der Waals surface area (Å²) >= 11 is 0. The van der Waals surface area contributed by atoms with Crippen molar-refractivity contribution >= 4 is 28.4 Å². The van der Waals surface area contributed by atoms with Crippen molar-refractivity contribution in [3.63, 3.8) is 0 Å². The number of aromatic nitrogens is 1. The number of fused-ring (bicyclic) bond motifs is 4. The van der Waals surface area contributed by atoms with E-state index in [-0.39, 0.29) is 34.7 Å². The standard InChI is InChI=1S/C36H41FN4O6/c1-19(2)33(36(44)38-14-13-22-18-39-27-11-8-23(37)16-25(22)27)41-29-12-9-24-26(17-30(29)43)28(40-20(3)42)10-7-21-15-31(45-4)34(46-5)35(47-6)32(21)24/h8-9,11-12,15-19,28,33,39H,7,10,13-14H2,1-6H3,(H,38,44)(H,40,42)(H,41,43)/t28-,33-/m0/s1. The summed E-state index contributed by atoms with van der Waals surface area (Å²) in [5.74, 6) is 0.412. The minimum atomic E-state index is -0.720. The predicted octanol–water partition coefficient (Wildman–Crippen LogP) is 5.28. The largest absolute Gasteiger partial charge is 0.493 e. The van der Waals surface area contributed by atoms with E-state index in [0.717, 1.165) is 27.6 Å². The lowest BCUT2D eigenvalue weighted by Gasteiger charge is -2.22. The normalized spacial score (nSPS) is 14.4. The van der Waals surface area contributed by atoms with Crippen LogP contribution >= 0.6 is 0 Å². The molecule has 0 spiro atoms. The van der Waals surface area contributed by atoms with Gasteiger partial charge in [-0.25, -0.2) is 4.39 Å². The highest BCUT2D eigenvalue weighted by Gasteiger charge is 2.30. The van der Waals surface area contributed by atoms with Gasteiger partial charge in [0.1, 0.15) is 11.9 Å². The highest BCUT2D eigenvalue weighted by Crippen LogP contribution is 2.50. The number of amides is 2. The summed E-state index contributed by atoms with van der Waals surface area (Å²) in [4.78, 5) is 42.7. The van der Waals surface area contributed by atoms with E-state index < -0.39 is 12.1 Å². The summed E-state index contributed by atoms with van der Waals surface area (Å²) in [7, 11) is 4.64. The van der Waals surface area contributed by atoms with Crippen LogP contribution in [-0.2, 0) is 22.4 Å². The summed E-state index contributed by atoms with van der Waals surface area (Å²) in [6.45, 7) is 5.57. The van der Waals surface area contributed by atoms with Crippen LogP contribution in [0.5, 0.6) is 17.2 Å². The van der Waals surface area contributed by atoms with Crippen LogP contribution in [0.1, 0.15) is 49.9 Å². The molecule has 2 atom stereocenters. The fraction of sp³-hybridized carbons (Fsp3) is 0.361. The Morgan fingerprint density at radius 1 is 1.02 bits per heavy atom. The second-order valence-electron chi connectivity index (χ2n) is 12.0. The van der Waals surface area contributed by atoms with Crippen LogP contribution in [0.4, 0.5) is 10.1 Å². The Kier molecular flexibility index (Phi) is 10.0. The smallest absolute Gasteiger partial charge is 0.242 e. The van der Waals surface area contributed by atoms with Gasteiger partial charge in [0.15, 0.2) is 11.5 Å². The highest BCUT2D eigenvalue weighted by molar-refractivity contribution is 5.87. The third-order valence-electron chi connectivity index (χ3n) is 8.60. The average Bonchev–Trinajstić information content (AvgIpc) is 3.28. The Hall–Kier alpha value is -5.06. The summed E-state index contributed by atoms with van der Waals surface area (Å²) < 4.78 is 31.0. The Morgan fingerprint density at radius 3 is 2.47 bits per heavy atom. The molecule has 1 aliphatic rings. The molecule has 0 aliphatic heterocycles. The number of carbonyl (C=O) groups excluding carboxylic acids is 2. The zero-order chi connectivity index (χ0) is 33.8. The maximum Gasteiger partial charge on any atom is 0.242 e. The molecular formula is C36H41FN4O6. The first kappa shape index (κ1) is 33.3. The highest BCUT2D eigenvalue weighted by atomic mass is 19.1. The molecule has 47 heavy (non-hydrogen) atoms. The van der Waals surface area contributed by atoms with Crippen LogP contribution < -0.4 is 35.6 Å². The van der Waals surface area contributed by atoms with Gasteiger partial charge in [0.2, 0.25) is 23.0 Å². The first-order valence-electron chi connectivity index (χ1n) is 15.6. The lowest BCUT2D eigenvalue weighted by molar-refractivity contribution is -0.122. The Morgan fingerprint density at radius 2 is 1.79 bits per heavy atom. The SMILES string of the molecule is COc1cc2c(c(OC)c1OC)-c1ccc(N[C@H](C(=O)NCCc3c[nH]c4ccc(F)cc34)C(C)C)c(=O)cc1[C@@H](NC(C)=O)CC2. The molecule has 11 heteroatoms. The van der Waals surface area contributed by atoms with Crippen molar-refractivity contribution in [2.75, 3.05) is 33.2 Å². The second kappa shape index (κ2) is 14.1. The lowest BCUT2D eigenvalue weighted by Crippen LogP contribution is -2.44. The maximum absolute atomic E-state index is 13.8. The summed E-state index contributed by atoms with van der Waals surface area (Å²) in [6, 6.07) is 10.3. The molecule has 0 saturated carbocycles. The van der Waals surface area contributed by atoms with E-state index in [1.54, 1.807) is 26.4 Å².